The van der Waals surface area contributed by atoms with Gasteiger partial charge >= 0.3 is 6.03 Å². The highest BCUT2D eigenvalue weighted by Crippen LogP contribution is 2.17. The van der Waals surface area contributed by atoms with Gasteiger partial charge in [0, 0.05) is 28.3 Å². The van der Waals surface area contributed by atoms with Crippen LogP contribution in [0.5, 0.6) is 0 Å². The fourth-order valence-electron chi connectivity index (χ4n) is 2.91. The maximum atomic E-state index is 12.5. The lowest BCUT2D eigenvalue weighted by atomic mass is 10.2. The first-order valence-corrected chi connectivity index (χ1v) is 12.1. The third-order valence-electron chi connectivity index (χ3n) is 4.62. The predicted octanol–water partition coefficient (Wildman–Crippen LogP) is 5.12. The maximum absolute atomic E-state index is 12.5. The van der Waals surface area contributed by atoms with E-state index in [1.807, 2.05) is 25.1 Å². The number of carbonyl (C=O) groups excluding carboxylic acids is 2. The number of sulfonamides is 1. The van der Waals surface area contributed by atoms with Gasteiger partial charge in [-0.3, -0.25) is 9.52 Å². The van der Waals surface area contributed by atoms with E-state index in [4.69, 9.17) is 0 Å². The Morgan fingerprint density at radius 3 is 1.79 bits per heavy atom. The molecular formula is C24H26N4O4S. The van der Waals surface area contributed by atoms with Crippen molar-refractivity contribution in [3.8, 4) is 0 Å². The summed E-state index contributed by atoms with van der Waals surface area (Å²) < 4.78 is 26.5. The fourth-order valence-corrected chi connectivity index (χ4v) is 4.18. The summed E-state index contributed by atoms with van der Waals surface area (Å²) in [6.07, 6.45) is 1.37. The van der Waals surface area contributed by atoms with Crippen LogP contribution in [0.15, 0.2) is 78.9 Å². The second kappa shape index (κ2) is 11.1. The number of hydrogen-bond donors (Lipinski definition) is 4. The second-order valence-corrected chi connectivity index (χ2v) is 9.17. The van der Waals surface area contributed by atoms with Gasteiger partial charge in [-0.15, -0.1) is 0 Å². The normalized spacial score (nSPS) is 10.8. The monoisotopic (exact) mass is 466 g/mol. The molecule has 3 aromatic carbocycles. The molecule has 3 aromatic rings. The quantitative estimate of drug-likeness (QED) is 0.350. The van der Waals surface area contributed by atoms with Gasteiger partial charge in [0.15, 0.2) is 0 Å². The molecule has 0 bridgehead atoms. The van der Waals surface area contributed by atoms with Gasteiger partial charge in [-0.25, -0.2) is 13.2 Å². The van der Waals surface area contributed by atoms with Crippen LogP contribution >= 0.6 is 0 Å². The van der Waals surface area contributed by atoms with Crippen molar-refractivity contribution in [1.29, 1.82) is 0 Å². The summed E-state index contributed by atoms with van der Waals surface area (Å²) in [4.78, 5) is 24.5. The van der Waals surface area contributed by atoms with Gasteiger partial charge < -0.3 is 16.0 Å². The third kappa shape index (κ3) is 7.65. The summed E-state index contributed by atoms with van der Waals surface area (Å²) in [5, 5.41) is 8.21. The van der Waals surface area contributed by atoms with E-state index in [9.17, 15) is 18.0 Å². The van der Waals surface area contributed by atoms with Gasteiger partial charge in [-0.1, -0.05) is 31.5 Å². The lowest BCUT2D eigenvalue weighted by Crippen LogP contribution is -2.19. The number of unbranched alkanes of at least 4 members (excludes halogenated alkanes) is 1. The van der Waals surface area contributed by atoms with Crippen molar-refractivity contribution in [1.82, 2.24) is 0 Å². The number of rotatable bonds is 9. The van der Waals surface area contributed by atoms with E-state index in [1.54, 1.807) is 60.7 Å². The highest BCUT2D eigenvalue weighted by molar-refractivity contribution is 7.92. The fraction of sp³-hybridized carbons (Fsp3) is 0.167. The average molecular weight is 467 g/mol. The van der Waals surface area contributed by atoms with Gasteiger partial charge in [0.2, 0.25) is 10.0 Å². The molecule has 0 fully saturated rings. The van der Waals surface area contributed by atoms with E-state index in [-0.39, 0.29) is 17.7 Å². The molecule has 0 spiro atoms. The van der Waals surface area contributed by atoms with Crippen LogP contribution < -0.4 is 20.7 Å². The first-order chi connectivity index (χ1) is 15.8. The van der Waals surface area contributed by atoms with Crippen molar-refractivity contribution in [2.45, 2.75) is 19.8 Å². The van der Waals surface area contributed by atoms with Crippen molar-refractivity contribution in [2.75, 3.05) is 26.4 Å². The summed E-state index contributed by atoms with van der Waals surface area (Å²) >= 11 is 0. The molecule has 9 heteroatoms. The summed E-state index contributed by atoms with van der Waals surface area (Å²) in [6, 6.07) is 21.6. The molecule has 0 heterocycles. The van der Waals surface area contributed by atoms with E-state index < -0.39 is 10.0 Å². The lowest BCUT2D eigenvalue weighted by molar-refractivity contribution is 0.102. The zero-order valence-corrected chi connectivity index (χ0v) is 19.0. The summed E-state index contributed by atoms with van der Waals surface area (Å²) in [5.74, 6) is -0.275. The van der Waals surface area contributed by atoms with Crippen LogP contribution in [0.25, 0.3) is 0 Å². The lowest BCUT2D eigenvalue weighted by Gasteiger charge is -2.10. The smallest absolute Gasteiger partial charge is 0.322 e. The summed E-state index contributed by atoms with van der Waals surface area (Å²) in [6.45, 7) is 1.93. The Kier molecular flexibility index (Phi) is 8.04. The van der Waals surface area contributed by atoms with Crippen LogP contribution in [-0.4, -0.2) is 26.1 Å². The van der Waals surface area contributed by atoms with Crippen LogP contribution in [0.3, 0.4) is 0 Å². The first kappa shape index (κ1) is 23.8. The Hall–Kier alpha value is -3.85. The summed E-state index contributed by atoms with van der Waals surface area (Å²) in [7, 11) is -3.39. The highest BCUT2D eigenvalue weighted by Gasteiger charge is 2.11. The molecule has 8 nitrogen and oxygen atoms in total. The molecule has 0 aliphatic heterocycles. The van der Waals surface area contributed by atoms with Crippen molar-refractivity contribution < 1.29 is 18.0 Å². The number of amides is 3. The first-order valence-electron chi connectivity index (χ1n) is 10.5. The number of para-hydroxylation sites is 1. The molecule has 3 rings (SSSR count). The van der Waals surface area contributed by atoms with Gasteiger partial charge in [0.05, 0.1) is 5.75 Å². The Labute approximate surface area is 193 Å². The maximum Gasteiger partial charge on any atom is 0.323 e. The van der Waals surface area contributed by atoms with Crippen molar-refractivity contribution in [3.63, 3.8) is 0 Å². The van der Waals surface area contributed by atoms with E-state index in [2.05, 4.69) is 20.7 Å². The third-order valence-corrected chi connectivity index (χ3v) is 5.99. The predicted molar refractivity (Wildman–Crippen MR) is 132 cm³/mol. The molecule has 4 N–H and O–H groups in total. The zero-order chi connectivity index (χ0) is 23.7. The Morgan fingerprint density at radius 1 is 0.697 bits per heavy atom. The number of anilines is 4. The number of urea groups is 1. The minimum absolute atomic E-state index is 0.0600. The second-order valence-electron chi connectivity index (χ2n) is 7.33. The van der Waals surface area contributed by atoms with Crippen LogP contribution in [0.2, 0.25) is 0 Å². The van der Waals surface area contributed by atoms with Crippen molar-refractivity contribution in [2.24, 2.45) is 0 Å². The van der Waals surface area contributed by atoms with Crippen LogP contribution in [0, 0.1) is 0 Å². The van der Waals surface area contributed by atoms with Gasteiger partial charge in [-0.05, 0) is 67.1 Å². The SMILES string of the molecule is CCCCS(=O)(=O)Nc1ccc(C(=O)Nc2ccc(NC(=O)Nc3ccccc3)cc2)cc1. The van der Waals surface area contributed by atoms with Crippen LogP contribution in [0.4, 0.5) is 27.5 Å². The van der Waals surface area contributed by atoms with Crippen molar-refractivity contribution in [3.05, 3.63) is 84.4 Å². The largest absolute Gasteiger partial charge is 0.323 e. The molecule has 0 radical (unpaired) electrons. The molecule has 172 valence electrons. The number of nitrogens with one attached hydrogen (secondary N) is 4. The molecule has 0 unspecified atom stereocenters. The molecule has 0 saturated heterocycles. The minimum atomic E-state index is -3.39. The minimum Gasteiger partial charge on any atom is -0.322 e. The van der Waals surface area contributed by atoms with Gasteiger partial charge in [-0.2, -0.15) is 0 Å². The molecule has 0 aliphatic carbocycles. The van der Waals surface area contributed by atoms with E-state index in [1.165, 1.54) is 0 Å². The number of carbonyl (C=O) groups is 2. The Morgan fingerprint density at radius 2 is 1.21 bits per heavy atom. The highest BCUT2D eigenvalue weighted by atomic mass is 32.2. The topological polar surface area (TPSA) is 116 Å². The van der Waals surface area contributed by atoms with Crippen LogP contribution in [-0.2, 0) is 10.0 Å². The number of hydrogen-bond acceptors (Lipinski definition) is 4. The van der Waals surface area contributed by atoms with E-state index in [0.29, 0.717) is 34.7 Å². The molecule has 3 amide bonds. The molecular weight excluding hydrogens is 440 g/mol. The average Bonchev–Trinajstić information content (AvgIpc) is 2.80. The molecule has 0 aliphatic rings. The summed E-state index contributed by atoms with van der Waals surface area (Å²) in [5.41, 5.74) is 2.60. The Bertz CT molecular complexity index is 1180. The van der Waals surface area contributed by atoms with Gasteiger partial charge in [0.25, 0.3) is 5.91 Å². The number of benzene rings is 3. The van der Waals surface area contributed by atoms with Gasteiger partial charge in [0.1, 0.15) is 0 Å². The zero-order valence-electron chi connectivity index (χ0n) is 18.2. The standard InChI is InChI=1S/C24H26N4O4S/c1-2-3-17-33(31,32)28-22-11-9-18(10-12-22)23(29)25-20-13-15-21(16-14-20)27-24(30)26-19-7-5-4-6-8-19/h4-16,28H,2-3,17H2,1H3,(H,25,29)(H2,26,27,30). The Balaban J connectivity index is 1.53. The molecule has 0 aromatic heterocycles. The van der Waals surface area contributed by atoms with Crippen LogP contribution in [0.1, 0.15) is 30.1 Å². The van der Waals surface area contributed by atoms with E-state index in [0.717, 1.165) is 6.42 Å². The molecule has 0 saturated carbocycles. The van der Waals surface area contributed by atoms with Crippen molar-refractivity contribution >= 4 is 44.7 Å². The molecule has 0 atom stereocenters. The van der Waals surface area contributed by atoms with E-state index >= 15 is 0 Å². The molecule has 33 heavy (non-hydrogen) atoms.